The van der Waals surface area contributed by atoms with Gasteiger partial charge in [0.25, 0.3) is 0 Å². The van der Waals surface area contributed by atoms with Gasteiger partial charge in [0.05, 0.1) is 22.6 Å². The van der Waals surface area contributed by atoms with Crippen LogP contribution in [0.15, 0.2) is 60.7 Å². The van der Waals surface area contributed by atoms with E-state index in [0.717, 1.165) is 24.3 Å². The number of urea groups is 1. The van der Waals surface area contributed by atoms with Crippen LogP contribution in [-0.2, 0) is 0 Å². The minimum absolute atomic E-state index is 0.0702. The monoisotopic (exact) mass is 491 g/mol. The molecule has 0 bridgehead atoms. The first-order valence-electron chi connectivity index (χ1n) is 12.1. The number of anilines is 3. The molecule has 2 amide bonds. The lowest BCUT2D eigenvalue weighted by atomic mass is 9.96. The van der Waals surface area contributed by atoms with Gasteiger partial charge >= 0.3 is 12.0 Å². The van der Waals surface area contributed by atoms with Crippen LogP contribution in [0.5, 0.6) is 0 Å². The Morgan fingerprint density at radius 2 is 1.53 bits per heavy atom. The number of nitrogens with one attached hydrogen (secondary N) is 2. The average Bonchev–Trinajstić information content (AvgIpc) is 2.79. The van der Waals surface area contributed by atoms with Crippen molar-refractivity contribution in [1.29, 1.82) is 0 Å². The Bertz CT molecular complexity index is 1230. The molecular formula is C29H34FN3O3. The summed E-state index contributed by atoms with van der Waals surface area (Å²) in [5, 5.41) is 15.2. The summed E-state index contributed by atoms with van der Waals surface area (Å²) >= 11 is 0. The maximum absolute atomic E-state index is 14.1. The van der Waals surface area contributed by atoms with E-state index in [1.807, 2.05) is 25.1 Å². The quantitative estimate of drug-likeness (QED) is 0.294. The molecule has 0 saturated heterocycles. The Morgan fingerprint density at radius 3 is 2.14 bits per heavy atom. The number of aromatic carboxylic acids is 1. The molecule has 3 aromatic carbocycles. The molecule has 0 fully saturated rings. The molecule has 0 radical (unpaired) electrons. The first kappa shape index (κ1) is 26.7. The van der Waals surface area contributed by atoms with Gasteiger partial charge < -0.3 is 20.6 Å². The van der Waals surface area contributed by atoms with Crippen LogP contribution in [0.3, 0.4) is 0 Å². The van der Waals surface area contributed by atoms with Crippen LogP contribution in [0.25, 0.3) is 11.1 Å². The summed E-state index contributed by atoms with van der Waals surface area (Å²) in [6, 6.07) is 16.1. The van der Waals surface area contributed by atoms with Crippen molar-refractivity contribution in [3.05, 3.63) is 77.6 Å². The molecule has 3 N–H and O–H groups in total. The van der Waals surface area contributed by atoms with Gasteiger partial charge in [0.15, 0.2) is 0 Å². The number of hydrogen-bond donors (Lipinski definition) is 3. The highest BCUT2D eigenvalue weighted by molar-refractivity contribution is 6.03. The number of halogens is 1. The molecule has 3 rings (SSSR count). The Kier molecular flexibility index (Phi) is 8.69. The minimum Gasteiger partial charge on any atom is -0.478 e. The Balaban J connectivity index is 2.08. The number of nitrogens with zero attached hydrogens (tertiary/aromatic N) is 1. The number of hydrogen-bond acceptors (Lipinski definition) is 3. The minimum atomic E-state index is -1.03. The number of aryl methyl sites for hydroxylation is 1. The number of rotatable bonds is 9. The van der Waals surface area contributed by atoms with Gasteiger partial charge in [-0.1, -0.05) is 63.6 Å². The van der Waals surface area contributed by atoms with E-state index in [2.05, 4.69) is 43.2 Å². The van der Waals surface area contributed by atoms with E-state index in [0.29, 0.717) is 28.7 Å². The van der Waals surface area contributed by atoms with Gasteiger partial charge in [0.1, 0.15) is 5.82 Å². The van der Waals surface area contributed by atoms with Crippen LogP contribution in [0.1, 0.15) is 43.6 Å². The number of benzene rings is 3. The second-order valence-corrected chi connectivity index (χ2v) is 9.84. The summed E-state index contributed by atoms with van der Waals surface area (Å²) in [7, 11) is 0. The van der Waals surface area contributed by atoms with Crippen molar-refractivity contribution in [2.45, 2.75) is 34.6 Å². The first-order chi connectivity index (χ1) is 17.0. The lowest BCUT2D eigenvalue weighted by molar-refractivity contribution is 0.0697. The Hall–Kier alpha value is -3.87. The largest absolute Gasteiger partial charge is 0.478 e. The predicted molar refractivity (Wildman–Crippen MR) is 145 cm³/mol. The smallest absolute Gasteiger partial charge is 0.336 e. The molecule has 0 heterocycles. The molecule has 36 heavy (non-hydrogen) atoms. The fourth-order valence-electron chi connectivity index (χ4n) is 4.15. The van der Waals surface area contributed by atoms with Crippen LogP contribution >= 0.6 is 0 Å². The van der Waals surface area contributed by atoms with Gasteiger partial charge in [-0.25, -0.2) is 14.0 Å². The fraction of sp³-hybridized carbons (Fsp3) is 0.310. The average molecular weight is 492 g/mol. The van der Waals surface area contributed by atoms with E-state index in [-0.39, 0.29) is 11.3 Å². The highest BCUT2D eigenvalue weighted by atomic mass is 19.1. The van der Waals surface area contributed by atoms with E-state index in [9.17, 15) is 19.1 Å². The van der Waals surface area contributed by atoms with Crippen molar-refractivity contribution >= 4 is 29.1 Å². The number of amides is 2. The highest BCUT2D eigenvalue weighted by Crippen LogP contribution is 2.35. The van der Waals surface area contributed by atoms with E-state index < -0.39 is 17.8 Å². The van der Waals surface area contributed by atoms with Gasteiger partial charge in [-0.3, -0.25) is 0 Å². The molecule has 0 aliphatic heterocycles. The third kappa shape index (κ3) is 6.84. The van der Waals surface area contributed by atoms with Crippen molar-refractivity contribution in [1.82, 2.24) is 0 Å². The van der Waals surface area contributed by atoms with Crippen LogP contribution in [0.4, 0.5) is 26.2 Å². The normalized spacial score (nSPS) is 11.0. The zero-order chi connectivity index (χ0) is 26.4. The van der Waals surface area contributed by atoms with E-state index in [1.165, 1.54) is 12.1 Å². The van der Waals surface area contributed by atoms with Crippen molar-refractivity contribution in [3.63, 3.8) is 0 Å². The summed E-state index contributed by atoms with van der Waals surface area (Å²) in [6.45, 7) is 12.0. The van der Waals surface area contributed by atoms with Crippen LogP contribution < -0.4 is 15.5 Å². The van der Waals surface area contributed by atoms with Crippen LogP contribution in [-0.4, -0.2) is 30.2 Å². The summed E-state index contributed by atoms with van der Waals surface area (Å²) in [5.41, 5.74) is 3.72. The van der Waals surface area contributed by atoms with Crippen molar-refractivity contribution < 1.29 is 19.1 Å². The van der Waals surface area contributed by atoms with E-state index >= 15 is 0 Å². The molecule has 0 atom stereocenters. The molecule has 7 heteroatoms. The second kappa shape index (κ2) is 11.7. The number of carboxylic acids is 1. The highest BCUT2D eigenvalue weighted by Gasteiger charge is 2.19. The number of carboxylic acid groups (broad SMARTS) is 1. The van der Waals surface area contributed by atoms with Crippen molar-refractivity contribution in [2.24, 2.45) is 11.8 Å². The molecule has 190 valence electrons. The molecular weight excluding hydrogens is 457 g/mol. The van der Waals surface area contributed by atoms with Gasteiger partial charge in [-0.2, -0.15) is 0 Å². The van der Waals surface area contributed by atoms with Gasteiger partial charge in [0.2, 0.25) is 0 Å². The first-order valence-corrected chi connectivity index (χ1v) is 12.1. The molecule has 3 aromatic rings. The van der Waals surface area contributed by atoms with Gasteiger partial charge in [-0.05, 0) is 60.2 Å². The van der Waals surface area contributed by atoms with Gasteiger partial charge in [0, 0.05) is 13.1 Å². The molecule has 6 nitrogen and oxygen atoms in total. The van der Waals surface area contributed by atoms with Crippen molar-refractivity contribution in [3.8, 4) is 11.1 Å². The Labute approximate surface area is 212 Å². The summed E-state index contributed by atoms with van der Waals surface area (Å²) < 4.78 is 14.1. The maximum atomic E-state index is 14.1. The van der Waals surface area contributed by atoms with Crippen molar-refractivity contribution in [2.75, 3.05) is 28.6 Å². The Morgan fingerprint density at radius 1 is 0.889 bits per heavy atom. The van der Waals surface area contributed by atoms with Crippen LogP contribution in [0.2, 0.25) is 0 Å². The second-order valence-electron chi connectivity index (χ2n) is 9.84. The molecule has 0 aliphatic rings. The maximum Gasteiger partial charge on any atom is 0.336 e. The summed E-state index contributed by atoms with van der Waals surface area (Å²) in [6.07, 6.45) is 0. The fourth-order valence-corrected chi connectivity index (χ4v) is 4.15. The molecule has 0 aromatic heterocycles. The summed E-state index contributed by atoms with van der Waals surface area (Å²) in [5.74, 6) is -0.811. The molecule has 0 spiro atoms. The standard InChI is InChI=1S/C29H34FN3O3/c1-18(2)16-33(17-19(3)4)27-13-11-21(23-14-20(5)10-12-22(23)28(34)35)15-26(27)32-29(36)31-25-9-7-6-8-24(25)30/h6-15,18-19H,16-17H2,1-5H3,(H,34,35)(H2,31,32,36). The molecule has 0 aliphatic carbocycles. The number of carbonyl (C=O) groups is 2. The van der Waals surface area contributed by atoms with E-state index in [1.54, 1.807) is 30.3 Å². The lowest BCUT2D eigenvalue weighted by Crippen LogP contribution is -2.32. The number of carbonyl (C=O) groups excluding carboxylic acids is 1. The summed E-state index contributed by atoms with van der Waals surface area (Å²) in [4.78, 5) is 27.0. The zero-order valence-electron chi connectivity index (χ0n) is 21.4. The topological polar surface area (TPSA) is 81.7 Å². The predicted octanol–water partition coefficient (Wildman–Crippen LogP) is 7.26. The molecule has 0 unspecified atom stereocenters. The lowest BCUT2D eigenvalue weighted by Gasteiger charge is -2.31. The third-order valence-corrected chi connectivity index (χ3v) is 5.60. The van der Waals surface area contributed by atoms with Gasteiger partial charge in [-0.15, -0.1) is 0 Å². The SMILES string of the molecule is Cc1ccc(C(=O)O)c(-c2ccc(N(CC(C)C)CC(C)C)c(NC(=O)Nc3ccccc3F)c2)c1. The number of para-hydroxylation sites is 1. The van der Waals surface area contributed by atoms with E-state index in [4.69, 9.17) is 0 Å². The molecule has 0 saturated carbocycles. The third-order valence-electron chi connectivity index (χ3n) is 5.60. The zero-order valence-corrected chi connectivity index (χ0v) is 21.4. The van der Waals surface area contributed by atoms with Crippen LogP contribution in [0, 0.1) is 24.6 Å².